The second-order valence-electron chi connectivity index (χ2n) is 4.57. The van der Waals surface area contributed by atoms with E-state index in [9.17, 15) is 13.2 Å². The molecule has 0 unspecified atom stereocenters. The van der Waals surface area contributed by atoms with E-state index in [-0.39, 0.29) is 17.8 Å². The minimum Gasteiger partial charge on any atom is -0.388 e. The smallest absolute Gasteiger partial charge is 0.388 e. The van der Waals surface area contributed by atoms with Gasteiger partial charge in [-0.3, -0.25) is 4.98 Å². The van der Waals surface area contributed by atoms with Crippen LogP contribution in [-0.2, 0) is 0 Å². The van der Waals surface area contributed by atoms with Crippen LogP contribution >= 0.6 is 12.2 Å². The van der Waals surface area contributed by atoms with Crippen molar-refractivity contribution in [1.82, 2.24) is 4.98 Å². The number of alkyl halides is 3. The number of thiocarbonyl (C=S) groups is 1. The monoisotopic (exact) mass is 289 g/mol. The third kappa shape index (κ3) is 3.34. The van der Waals surface area contributed by atoms with Crippen LogP contribution in [0, 0.1) is 5.92 Å². The molecule has 104 valence electrons. The first-order valence-electron chi connectivity index (χ1n) is 5.95. The molecule has 7 heteroatoms. The van der Waals surface area contributed by atoms with Crippen molar-refractivity contribution in [2.75, 3.05) is 18.0 Å². The molecule has 1 aliphatic heterocycles. The number of nitrogens with zero attached hydrogens (tertiary/aromatic N) is 2. The van der Waals surface area contributed by atoms with Crippen molar-refractivity contribution < 1.29 is 13.2 Å². The third-order valence-electron chi connectivity index (χ3n) is 3.32. The van der Waals surface area contributed by atoms with E-state index in [1.54, 1.807) is 18.3 Å². The first-order valence-corrected chi connectivity index (χ1v) is 6.36. The lowest BCUT2D eigenvalue weighted by molar-refractivity contribution is -0.179. The first kappa shape index (κ1) is 14.0. The van der Waals surface area contributed by atoms with E-state index in [4.69, 9.17) is 18.0 Å². The number of hydrogen-bond acceptors (Lipinski definition) is 3. The van der Waals surface area contributed by atoms with Gasteiger partial charge in [-0.1, -0.05) is 12.2 Å². The molecule has 0 aromatic carbocycles. The number of rotatable bonds is 2. The van der Waals surface area contributed by atoms with Crippen LogP contribution in [0.25, 0.3) is 0 Å². The summed E-state index contributed by atoms with van der Waals surface area (Å²) in [5.74, 6) is -1.19. The number of halogens is 3. The van der Waals surface area contributed by atoms with Crippen molar-refractivity contribution in [3.8, 4) is 0 Å². The lowest BCUT2D eigenvalue weighted by atomic mass is 9.96. The maximum Gasteiger partial charge on any atom is 0.391 e. The lowest BCUT2D eigenvalue weighted by Gasteiger charge is -2.34. The first-order chi connectivity index (χ1) is 8.88. The predicted octanol–water partition coefficient (Wildman–Crippen LogP) is 2.49. The summed E-state index contributed by atoms with van der Waals surface area (Å²) in [6.07, 6.45) is -2.23. The Kier molecular flexibility index (Phi) is 3.93. The fraction of sp³-hybridized carbons (Fsp3) is 0.500. The highest BCUT2D eigenvalue weighted by molar-refractivity contribution is 7.80. The number of nitrogens with two attached hydrogens (primary N) is 1. The Labute approximate surface area is 114 Å². The van der Waals surface area contributed by atoms with Gasteiger partial charge in [0.05, 0.1) is 23.5 Å². The summed E-state index contributed by atoms with van der Waals surface area (Å²) in [7, 11) is 0. The van der Waals surface area contributed by atoms with Crippen LogP contribution in [0.5, 0.6) is 0 Å². The lowest BCUT2D eigenvalue weighted by Crippen LogP contribution is -2.39. The number of aromatic nitrogens is 1. The molecule has 19 heavy (non-hydrogen) atoms. The summed E-state index contributed by atoms with van der Waals surface area (Å²) in [5.41, 5.74) is 6.76. The quantitative estimate of drug-likeness (QED) is 0.849. The fourth-order valence-corrected chi connectivity index (χ4v) is 2.30. The van der Waals surface area contributed by atoms with Crippen molar-refractivity contribution >= 4 is 22.9 Å². The molecule has 1 fully saturated rings. The van der Waals surface area contributed by atoms with Gasteiger partial charge in [-0.05, 0) is 25.0 Å². The topological polar surface area (TPSA) is 42.1 Å². The van der Waals surface area contributed by atoms with Gasteiger partial charge in [-0.15, -0.1) is 0 Å². The average Bonchev–Trinajstić information content (AvgIpc) is 2.38. The van der Waals surface area contributed by atoms with Gasteiger partial charge >= 0.3 is 6.18 Å². The van der Waals surface area contributed by atoms with E-state index < -0.39 is 12.1 Å². The van der Waals surface area contributed by atoms with E-state index in [0.717, 1.165) is 5.69 Å². The number of pyridine rings is 1. The zero-order valence-corrected chi connectivity index (χ0v) is 11.0. The molecule has 1 aromatic rings. The van der Waals surface area contributed by atoms with Crippen LogP contribution in [0.2, 0.25) is 0 Å². The zero-order valence-electron chi connectivity index (χ0n) is 10.2. The minimum absolute atomic E-state index is 0.126. The van der Waals surface area contributed by atoms with Gasteiger partial charge < -0.3 is 10.6 Å². The highest BCUT2D eigenvalue weighted by Gasteiger charge is 2.41. The Bertz CT molecular complexity index is 450. The Hall–Kier alpha value is -1.37. The summed E-state index contributed by atoms with van der Waals surface area (Å²) in [5, 5.41) is 0. The highest BCUT2D eigenvalue weighted by Crippen LogP contribution is 2.35. The minimum atomic E-state index is -4.08. The van der Waals surface area contributed by atoms with Crippen molar-refractivity contribution in [3.05, 3.63) is 24.0 Å². The number of piperidine rings is 1. The number of hydrogen-bond donors (Lipinski definition) is 1. The molecule has 0 aliphatic carbocycles. The van der Waals surface area contributed by atoms with Crippen LogP contribution in [-0.4, -0.2) is 29.2 Å². The largest absolute Gasteiger partial charge is 0.391 e. The fourth-order valence-electron chi connectivity index (χ4n) is 2.18. The summed E-state index contributed by atoms with van der Waals surface area (Å²) in [4.78, 5) is 6.20. The Morgan fingerprint density at radius 2 is 1.95 bits per heavy atom. The van der Waals surface area contributed by atoms with Crippen molar-refractivity contribution in [1.29, 1.82) is 0 Å². The standard InChI is InChI=1S/C12H14F3N3S/c13-12(14,15)8-3-5-18(6-4-8)9-1-2-10(11(16)19)17-7-9/h1-2,7-8H,3-6H2,(H2,16,19). The molecular formula is C12H14F3N3S. The number of anilines is 1. The second kappa shape index (κ2) is 5.32. The van der Waals surface area contributed by atoms with Crippen LogP contribution in [0.4, 0.5) is 18.9 Å². The Morgan fingerprint density at radius 1 is 1.32 bits per heavy atom. The van der Waals surface area contributed by atoms with Crippen LogP contribution in [0.1, 0.15) is 18.5 Å². The molecule has 0 bridgehead atoms. The molecule has 2 rings (SSSR count). The van der Waals surface area contributed by atoms with Crippen LogP contribution in [0.15, 0.2) is 18.3 Å². The van der Waals surface area contributed by atoms with Gasteiger partial charge in [0.1, 0.15) is 4.99 Å². The van der Waals surface area contributed by atoms with Crippen molar-refractivity contribution in [2.45, 2.75) is 19.0 Å². The molecule has 0 atom stereocenters. The van der Waals surface area contributed by atoms with Crippen molar-refractivity contribution in [3.63, 3.8) is 0 Å². The zero-order chi connectivity index (χ0) is 14.0. The summed E-state index contributed by atoms with van der Waals surface area (Å²) in [6, 6.07) is 3.48. The molecule has 0 amide bonds. The van der Waals surface area contributed by atoms with Crippen LogP contribution < -0.4 is 10.6 Å². The molecule has 0 spiro atoms. The van der Waals surface area contributed by atoms with E-state index in [1.807, 2.05) is 4.90 Å². The summed E-state index contributed by atoms with van der Waals surface area (Å²) in [6.45, 7) is 0.774. The maximum atomic E-state index is 12.6. The Morgan fingerprint density at radius 3 is 2.37 bits per heavy atom. The molecule has 2 heterocycles. The van der Waals surface area contributed by atoms with Crippen LogP contribution in [0.3, 0.4) is 0 Å². The van der Waals surface area contributed by atoms with E-state index >= 15 is 0 Å². The third-order valence-corrected chi connectivity index (χ3v) is 3.53. The molecule has 0 saturated carbocycles. The molecule has 1 saturated heterocycles. The molecular weight excluding hydrogens is 275 g/mol. The van der Waals surface area contributed by atoms with Gasteiger partial charge in [0.25, 0.3) is 0 Å². The summed E-state index contributed by atoms with van der Waals surface area (Å²) >= 11 is 4.79. The Balaban J connectivity index is 2.00. The van der Waals surface area contributed by atoms with Gasteiger partial charge in [-0.25, -0.2) is 0 Å². The molecule has 3 nitrogen and oxygen atoms in total. The molecule has 1 aromatic heterocycles. The molecule has 2 N–H and O–H groups in total. The predicted molar refractivity (Wildman–Crippen MR) is 71.1 cm³/mol. The van der Waals surface area contributed by atoms with Gasteiger partial charge in [0, 0.05) is 13.1 Å². The van der Waals surface area contributed by atoms with Gasteiger partial charge in [0.2, 0.25) is 0 Å². The highest BCUT2D eigenvalue weighted by atomic mass is 32.1. The molecule has 1 aliphatic rings. The van der Waals surface area contributed by atoms with E-state index in [1.165, 1.54) is 0 Å². The van der Waals surface area contributed by atoms with Crippen molar-refractivity contribution in [2.24, 2.45) is 11.7 Å². The van der Waals surface area contributed by atoms with E-state index in [2.05, 4.69) is 4.98 Å². The van der Waals surface area contributed by atoms with E-state index in [0.29, 0.717) is 18.8 Å². The van der Waals surface area contributed by atoms with Gasteiger partial charge in [-0.2, -0.15) is 13.2 Å². The molecule has 0 radical (unpaired) electrons. The SMILES string of the molecule is NC(=S)c1ccc(N2CCC(C(F)(F)F)CC2)cn1. The average molecular weight is 289 g/mol. The maximum absolute atomic E-state index is 12.6. The normalized spacial score (nSPS) is 17.5. The second-order valence-corrected chi connectivity index (χ2v) is 5.01. The van der Waals surface area contributed by atoms with Gasteiger partial charge in [0.15, 0.2) is 0 Å². The summed E-state index contributed by atoms with van der Waals surface area (Å²) < 4.78 is 37.7.